The summed E-state index contributed by atoms with van der Waals surface area (Å²) in [5.74, 6) is -0.119. The lowest BCUT2D eigenvalue weighted by Crippen LogP contribution is -2.46. The summed E-state index contributed by atoms with van der Waals surface area (Å²) in [4.78, 5) is 7.39. The number of likely N-dealkylation sites (tertiary alicyclic amines) is 1. The van der Waals surface area contributed by atoms with Crippen LogP contribution in [0.3, 0.4) is 0 Å². The van der Waals surface area contributed by atoms with Gasteiger partial charge in [0.2, 0.25) is 0 Å². The topological polar surface area (TPSA) is 21.8 Å². The van der Waals surface area contributed by atoms with Crippen molar-refractivity contribution in [1.29, 1.82) is 0 Å². The smallest absolute Gasteiger partial charge is 0.123 e. The Morgan fingerprint density at radius 1 is 0.867 bits per heavy atom. The number of rotatable bonds is 5. The third kappa shape index (κ3) is 3.96. The quantitative estimate of drug-likeness (QED) is 0.811. The highest BCUT2D eigenvalue weighted by Crippen LogP contribution is 2.48. The second kappa shape index (κ2) is 8.61. The normalized spacial score (nSPS) is 24.7. The number of piperazine rings is 1. The Balaban J connectivity index is 1.30. The van der Waals surface area contributed by atoms with Crippen molar-refractivity contribution in [2.75, 3.05) is 57.3 Å². The zero-order valence-electron chi connectivity index (χ0n) is 17.4. The molecule has 0 amide bonds. The van der Waals surface area contributed by atoms with Gasteiger partial charge in [-0.25, -0.2) is 8.78 Å². The molecule has 0 radical (unpaired) electrons. The first kappa shape index (κ1) is 19.9. The molecule has 1 N–H and O–H groups in total. The van der Waals surface area contributed by atoms with E-state index in [1.165, 1.54) is 24.6 Å². The van der Waals surface area contributed by atoms with Gasteiger partial charge in [-0.3, -0.25) is 0 Å². The van der Waals surface area contributed by atoms with E-state index >= 15 is 0 Å². The first-order valence-electron chi connectivity index (χ1n) is 11.2. The van der Waals surface area contributed by atoms with E-state index in [0.717, 1.165) is 75.7 Å². The van der Waals surface area contributed by atoms with Gasteiger partial charge in [-0.2, -0.15) is 0 Å². The number of hydrogen-bond donors (Lipinski definition) is 1. The first-order chi connectivity index (χ1) is 14.7. The van der Waals surface area contributed by atoms with Crippen LogP contribution in [0.5, 0.6) is 0 Å². The molecule has 0 aliphatic carbocycles. The fourth-order valence-electron chi connectivity index (χ4n) is 5.43. The van der Waals surface area contributed by atoms with E-state index in [2.05, 4.69) is 20.0 Å². The molecular formula is C24H30F2N4. The molecule has 160 valence electrons. The minimum Gasteiger partial charge on any atom is -0.337 e. The molecule has 3 aliphatic rings. The number of nitrogens with one attached hydrogen (secondary N) is 1. The number of benzene rings is 2. The molecule has 0 saturated carbocycles. The van der Waals surface area contributed by atoms with Gasteiger partial charge in [0.15, 0.2) is 0 Å². The van der Waals surface area contributed by atoms with E-state index in [9.17, 15) is 8.78 Å². The van der Waals surface area contributed by atoms with Gasteiger partial charge in [0, 0.05) is 62.6 Å². The molecule has 0 bridgehead atoms. The molecule has 0 unspecified atom stereocenters. The first-order valence-corrected chi connectivity index (χ1v) is 11.2. The summed E-state index contributed by atoms with van der Waals surface area (Å²) in [5, 5.41) is 3.41. The Hall–Kier alpha value is -2.02. The molecule has 2 fully saturated rings. The summed E-state index contributed by atoms with van der Waals surface area (Å²) in [5.41, 5.74) is 3.15. The molecule has 6 heteroatoms. The number of piperidine rings is 1. The van der Waals surface area contributed by atoms with Crippen molar-refractivity contribution >= 4 is 11.4 Å². The Morgan fingerprint density at radius 2 is 1.60 bits per heavy atom. The third-order valence-corrected chi connectivity index (χ3v) is 6.90. The van der Waals surface area contributed by atoms with Crippen molar-refractivity contribution in [2.45, 2.75) is 24.8 Å². The van der Waals surface area contributed by atoms with Gasteiger partial charge in [-0.15, -0.1) is 0 Å². The van der Waals surface area contributed by atoms with Crippen LogP contribution in [-0.2, 0) is 0 Å². The zero-order valence-corrected chi connectivity index (χ0v) is 17.4. The van der Waals surface area contributed by atoms with E-state index in [0.29, 0.717) is 6.04 Å². The number of nitrogens with zero attached hydrogens (tertiary/aromatic N) is 3. The Labute approximate surface area is 177 Å². The van der Waals surface area contributed by atoms with E-state index in [4.69, 9.17) is 0 Å². The summed E-state index contributed by atoms with van der Waals surface area (Å²) in [6, 6.07) is 12.1. The summed E-state index contributed by atoms with van der Waals surface area (Å²) >= 11 is 0. The average molecular weight is 413 g/mol. The van der Waals surface area contributed by atoms with Crippen LogP contribution in [0.25, 0.3) is 0 Å². The molecule has 30 heavy (non-hydrogen) atoms. The van der Waals surface area contributed by atoms with E-state index in [1.54, 1.807) is 6.07 Å². The van der Waals surface area contributed by atoms with Crippen molar-refractivity contribution in [2.24, 2.45) is 0 Å². The molecule has 0 aromatic heterocycles. The van der Waals surface area contributed by atoms with Crippen LogP contribution < -0.4 is 10.2 Å². The van der Waals surface area contributed by atoms with Gasteiger partial charge in [-0.1, -0.05) is 0 Å². The van der Waals surface area contributed by atoms with Crippen LogP contribution in [0.1, 0.15) is 24.3 Å². The minimum absolute atomic E-state index is 0.177. The van der Waals surface area contributed by atoms with Crippen molar-refractivity contribution in [3.63, 3.8) is 0 Å². The molecule has 2 aromatic rings. The van der Waals surface area contributed by atoms with Gasteiger partial charge in [0.1, 0.15) is 11.6 Å². The van der Waals surface area contributed by atoms with Crippen LogP contribution >= 0.6 is 0 Å². The lowest BCUT2D eigenvalue weighted by molar-refractivity contribution is 0.175. The highest BCUT2D eigenvalue weighted by Gasteiger charge is 2.42. The van der Waals surface area contributed by atoms with Crippen molar-refractivity contribution in [3.05, 3.63) is 59.7 Å². The Bertz CT molecular complexity index is 866. The maximum Gasteiger partial charge on any atom is 0.123 e. The fraction of sp³-hybridized carbons (Fsp3) is 0.500. The summed E-state index contributed by atoms with van der Waals surface area (Å²) < 4.78 is 27.6. The summed E-state index contributed by atoms with van der Waals surface area (Å²) in [6.07, 6.45) is 2.21. The highest BCUT2D eigenvalue weighted by atomic mass is 19.1. The van der Waals surface area contributed by atoms with Crippen molar-refractivity contribution in [3.8, 4) is 0 Å². The third-order valence-electron chi connectivity index (χ3n) is 6.90. The predicted octanol–water partition coefficient (Wildman–Crippen LogP) is 3.57. The van der Waals surface area contributed by atoms with Crippen LogP contribution in [-0.4, -0.2) is 68.2 Å². The van der Waals surface area contributed by atoms with Crippen LogP contribution in [0, 0.1) is 11.6 Å². The highest BCUT2D eigenvalue weighted by molar-refractivity contribution is 5.73. The van der Waals surface area contributed by atoms with Gasteiger partial charge >= 0.3 is 0 Å². The van der Waals surface area contributed by atoms with E-state index in [-0.39, 0.29) is 17.6 Å². The summed E-state index contributed by atoms with van der Waals surface area (Å²) in [7, 11) is 0. The van der Waals surface area contributed by atoms with Crippen molar-refractivity contribution < 1.29 is 8.78 Å². The maximum absolute atomic E-state index is 14.1. The second-order valence-electron chi connectivity index (χ2n) is 8.76. The van der Waals surface area contributed by atoms with Gasteiger partial charge in [0.05, 0.1) is 0 Å². The van der Waals surface area contributed by atoms with Crippen LogP contribution in [0.2, 0.25) is 0 Å². The van der Waals surface area contributed by atoms with Crippen LogP contribution in [0.4, 0.5) is 20.2 Å². The summed E-state index contributed by atoms with van der Waals surface area (Å²) in [6.45, 7) is 8.73. The lowest BCUT2D eigenvalue weighted by atomic mass is 9.89. The minimum atomic E-state index is -0.229. The van der Waals surface area contributed by atoms with Gasteiger partial charge in [0.25, 0.3) is 0 Å². The number of anilines is 2. The standard InChI is InChI=1S/C24H30F2N4/c25-18-2-5-20(6-3-18)30-23-7-4-19(26)16-21(23)22-17-29(13-8-24(22)30)12-1-11-28-14-9-27-10-15-28/h2-7,16,22,24,27H,1,8-15,17H2/t22-,24+/m0/s1. The molecule has 2 atom stereocenters. The number of hydrogen-bond acceptors (Lipinski definition) is 4. The average Bonchev–Trinajstić information content (AvgIpc) is 3.08. The van der Waals surface area contributed by atoms with E-state index < -0.39 is 0 Å². The van der Waals surface area contributed by atoms with E-state index in [1.807, 2.05) is 18.2 Å². The zero-order chi connectivity index (χ0) is 20.5. The molecular weight excluding hydrogens is 382 g/mol. The number of fused-ring (bicyclic) bond motifs is 3. The Morgan fingerprint density at radius 3 is 2.40 bits per heavy atom. The molecule has 2 saturated heterocycles. The lowest BCUT2D eigenvalue weighted by Gasteiger charge is -2.39. The van der Waals surface area contributed by atoms with Crippen LogP contribution in [0.15, 0.2) is 42.5 Å². The monoisotopic (exact) mass is 412 g/mol. The fourth-order valence-corrected chi connectivity index (χ4v) is 5.43. The predicted molar refractivity (Wildman–Crippen MR) is 116 cm³/mol. The molecule has 4 nitrogen and oxygen atoms in total. The second-order valence-corrected chi connectivity index (χ2v) is 8.76. The molecule has 2 aromatic carbocycles. The molecule has 3 aliphatic heterocycles. The van der Waals surface area contributed by atoms with Crippen molar-refractivity contribution in [1.82, 2.24) is 15.1 Å². The molecule has 5 rings (SSSR count). The molecule has 3 heterocycles. The SMILES string of the molecule is Fc1ccc(N2c3ccc(F)cc3[C@@H]3CN(CCCN4CCNCC4)CC[C@H]32)cc1. The largest absolute Gasteiger partial charge is 0.337 e. The van der Waals surface area contributed by atoms with Gasteiger partial charge in [-0.05, 0) is 74.0 Å². The maximum atomic E-state index is 14.1. The Kier molecular flexibility index (Phi) is 5.72. The van der Waals surface area contributed by atoms with Gasteiger partial charge < -0.3 is 20.0 Å². The number of halogens is 2. The molecule has 0 spiro atoms.